The number of carboxylic acid groups (broad SMARTS) is 1. The summed E-state index contributed by atoms with van der Waals surface area (Å²) in [5, 5.41) is 20.5. The minimum Gasteiger partial charge on any atom is -0.507 e. The largest absolute Gasteiger partial charge is 0.507 e. The van der Waals surface area contributed by atoms with Gasteiger partial charge in [-0.1, -0.05) is 49.4 Å². The number of carbonyl (C=O) groups is 3. The van der Waals surface area contributed by atoms with E-state index in [0.29, 0.717) is 40.5 Å². The lowest BCUT2D eigenvalue weighted by molar-refractivity contribution is -0.136. The zero-order valence-corrected chi connectivity index (χ0v) is 20.5. The zero-order chi connectivity index (χ0) is 26.5. The number of Topliss-reactive ketones (excluding diaryl/α,β-unsaturated/α-hetero) is 1. The highest BCUT2D eigenvalue weighted by Gasteiger charge is 2.47. The lowest BCUT2D eigenvalue weighted by Gasteiger charge is -2.26. The molecule has 1 amide bonds. The van der Waals surface area contributed by atoms with Gasteiger partial charge < -0.3 is 19.7 Å². The summed E-state index contributed by atoms with van der Waals surface area (Å²) in [6.07, 6.45) is 0.631. The fraction of sp³-hybridized carbons (Fsp3) is 0.207. The predicted octanol–water partition coefficient (Wildman–Crippen LogP) is 4.74. The van der Waals surface area contributed by atoms with Gasteiger partial charge >= 0.3 is 5.97 Å². The van der Waals surface area contributed by atoms with Crippen molar-refractivity contribution in [2.45, 2.75) is 25.8 Å². The van der Waals surface area contributed by atoms with Crippen LogP contribution in [0.4, 0.5) is 5.69 Å². The molecule has 1 fully saturated rings. The van der Waals surface area contributed by atoms with Crippen LogP contribution in [-0.2, 0) is 20.8 Å². The summed E-state index contributed by atoms with van der Waals surface area (Å²) < 4.78 is 11.2. The maximum Gasteiger partial charge on any atom is 0.307 e. The molecule has 8 nitrogen and oxygen atoms in total. The minimum atomic E-state index is -0.985. The van der Waals surface area contributed by atoms with E-state index in [1.54, 1.807) is 72.8 Å². The van der Waals surface area contributed by atoms with E-state index in [4.69, 9.17) is 14.6 Å². The summed E-state index contributed by atoms with van der Waals surface area (Å²) in [5.41, 5.74) is 1.69. The molecule has 1 aliphatic rings. The summed E-state index contributed by atoms with van der Waals surface area (Å²) in [4.78, 5) is 39.2. The van der Waals surface area contributed by atoms with Crippen molar-refractivity contribution in [3.8, 4) is 11.5 Å². The van der Waals surface area contributed by atoms with E-state index in [1.807, 2.05) is 6.92 Å². The quantitative estimate of drug-likeness (QED) is 0.247. The highest BCUT2D eigenvalue weighted by Crippen LogP contribution is 2.45. The number of amides is 1. The van der Waals surface area contributed by atoms with Crippen molar-refractivity contribution in [3.63, 3.8) is 0 Å². The van der Waals surface area contributed by atoms with Gasteiger partial charge in [-0.05, 0) is 42.3 Å². The van der Waals surface area contributed by atoms with Crippen LogP contribution in [0, 0.1) is 0 Å². The first-order valence-corrected chi connectivity index (χ1v) is 11.8. The number of methoxy groups -OCH3 is 1. The maximum absolute atomic E-state index is 13.4. The van der Waals surface area contributed by atoms with E-state index in [0.717, 1.165) is 6.42 Å². The molecule has 8 heteroatoms. The van der Waals surface area contributed by atoms with E-state index in [9.17, 15) is 19.5 Å². The van der Waals surface area contributed by atoms with Gasteiger partial charge in [-0.2, -0.15) is 0 Å². The number of ketones is 1. The first-order valence-electron chi connectivity index (χ1n) is 11.8. The Kier molecular flexibility index (Phi) is 7.57. The van der Waals surface area contributed by atoms with Crippen molar-refractivity contribution in [3.05, 3.63) is 95.1 Å². The van der Waals surface area contributed by atoms with Crippen LogP contribution < -0.4 is 14.4 Å². The summed E-state index contributed by atoms with van der Waals surface area (Å²) in [5.74, 6) is -2.01. The van der Waals surface area contributed by atoms with Crippen LogP contribution in [0.1, 0.15) is 36.1 Å². The second-order valence-corrected chi connectivity index (χ2v) is 8.52. The molecule has 1 heterocycles. The van der Waals surface area contributed by atoms with Crippen LogP contribution in [-0.4, -0.2) is 41.6 Å². The number of hydrogen-bond acceptors (Lipinski definition) is 6. The number of carboxylic acids is 1. The van der Waals surface area contributed by atoms with Gasteiger partial charge in [-0.15, -0.1) is 0 Å². The summed E-state index contributed by atoms with van der Waals surface area (Å²) in [6.45, 7) is 2.47. The molecule has 3 aromatic carbocycles. The van der Waals surface area contributed by atoms with Crippen LogP contribution in [0.25, 0.3) is 5.76 Å². The predicted molar refractivity (Wildman–Crippen MR) is 138 cm³/mol. The van der Waals surface area contributed by atoms with E-state index in [2.05, 4.69) is 0 Å². The molecule has 190 valence electrons. The van der Waals surface area contributed by atoms with E-state index in [-0.39, 0.29) is 17.8 Å². The molecule has 0 saturated carbocycles. The third-order valence-corrected chi connectivity index (χ3v) is 6.03. The number of benzene rings is 3. The lowest BCUT2D eigenvalue weighted by Crippen LogP contribution is -2.29. The Morgan fingerprint density at radius 2 is 1.70 bits per heavy atom. The number of hydrogen-bond donors (Lipinski definition) is 2. The topological polar surface area (TPSA) is 113 Å². The van der Waals surface area contributed by atoms with Gasteiger partial charge in [0.05, 0.1) is 31.8 Å². The molecule has 37 heavy (non-hydrogen) atoms. The monoisotopic (exact) mass is 501 g/mol. The van der Waals surface area contributed by atoms with Crippen molar-refractivity contribution >= 4 is 29.1 Å². The average molecular weight is 502 g/mol. The normalized spacial score (nSPS) is 16.6. The minimum absolute atomic E-state index is 0.0863. The highest BCUT2D eigenvalue weighted by molar-refractivity contribution is 6.51. The average Bonchev–Trinajstić information content (AvgIpc) is 3.17. The second kappa shape index (κ2) is 11.0. The standard InChI is InChI=1S/C29H27NO7/c1-3-15-37-21-8-6-7-19(17-21)27(33)25-26(22-9-4-5-10-23(22)36-2)30(29(35)28(25)34)20-13-11-18(12-14-20)16-24(31)32/h4-14,17,26,33H,3,15-16H2,1-2H3,(H,31,32)/b27-25-. The molecule has 2 N–H and O–H groups in total. The van der Waals surface area contributed by atoms with E-state index in [1.165, 1.54) is 12.0 Å². The lowest BCUT2D eigenvalue weighted by atomic mass is 9.94. The number of anilines is 1. The van der Waals surface area contributed by atoms with Crippen LogP contribution in [0.2, 0.25) is 0 Å². The molecule has 0 spiro atoms. The van der Waals surface area contributed by atoms with Gasteiger partial charge in [0.2, 0.25) is 0 Å². The molecule has 0 aliphatic carbocycles. The Labute approximate surface area is 214 Å². The third kappa shape index (κ3) is 5.18. The smallest absolute Gasteiger partial charge is 0.307 e. The van der Waals surface area contributed by atoms with Crippen LogP contribution >= 0.6 is 0 Å². The second-order valence-electron chi connectivity index (χ2n) is 8.52. The van der Waals surface area contributed by atoms with Crippen molar-refractivity contribution in [1.82, 2.24) is 0 Å². The number of para-hydroxylation sites is 1. The number of nitrogens with zero attached hydrogens (tertiary/aromatic N) is 1. The number of carbonyl (C=O) groups excluding carboxylic acids is 2. The molecule has 3 aromatic rings. The van der Waals surface area contributed by atoms with Crippen molar-refractivity contribution < 1.29 is 34.1 Å². The van der Waals surface area contributed by atoms with E-state index >= 15 is 0 Å². The molecule has 0 radical (unpaired) electrons. The first kappa shape index (κ1) is 25.5. The zero-order valence-electron chi connectivity index (χ0n) is 20.5. The SMILES string of the molecule is CCCOc1cccc(/C(O)=C2/C(=O)C(=O)N(c3ccc(CC(=O)O)cc3)C2c2ccccc2OC)c1. The molecule has 1 saturated heterocycles. The maximum atomic E-state index is 13.4. The van der Waals surface area contributed by atoms with Gasteiger partial charge in [0, 0.05) is 16.8 Å². The van der Waals surface area contributed by atoms with Gasteiger partial charge in [-0.25, -0.2) is 0 Å². The number of aliphatic hydroxyl groups excluding tert-OH is 1. The Bertz CT molecular complexity index is 1360. The Balaban J connectivity index is 1.88. The fourth-order valence-electron chi connectivity index (χ4n) is 4.34. The fourth-order valence-corrected chi connectivity index (χ4v) is 4.34. The van der Waals surface area contributed by atoms with Crippen LogP contribution in [0.5, 0.6) is 11.5 Å². The molecule has 1 unspecified atom stereocenters. The van der Waals surface area contributed by atoms with Gasteiger partial charge in [0.25, 0.3) is 11.7 Å². The van der Waals surface area contributed by atoms with Crippen LogP contribution in [0.15, 0.2) is 78.4 Å². The number of ether oxygens (including phenoxy) is 2. The van der Waals surface area contributed by atoms with Gasteiger partial charge in [-0.3, -0.25) is 19.3 Å². The molecule has 0 bridgehead atoms. The Hall–Kier alpha value is -4.59. The summed E-state index contributed by atoms with van der Waals surface area (Å²) in [6, 6.07) is 19.1. The van der Waals surface area contributed by atoms with Crippen molar-refractivity contribution in [2.24, 2.45) is 0 Å². The van der Waals surface area contributed by atoms with Crippen LogP contribution in [0.3, 0.4) is 0 Å². The van der Waals surface area contributed by atoms with E-state index < -0.39 is 23.7 Å². The molecule has 4 rings (SSSR count). The molecule has 1 atom stereocenters. The molecular weight excluding hydrogens is 474 g/mol. The molecule has 1 aliphatic heterocycles. The van der Waals surface area contributed by atoms with Gasteiger partial charge in [0.15, 0.2) is 0 Å². The molecular formula is C29H27NO7. The van der Waals surface area contributed by atoms with Crippen molar-refractivity contribution in [1.29, 1.82) is 0 Å². The number of aliphatic hydroxyl groups is 1. The number of aliphatic carboxylic acids is 1. The molecule has 0 aromatic heterocycles. The van der Waals surface area contributed by atoms with Gasteiger partial charge in [0.1, 0.15) is 17.3 Å². The van der Waals surface area contributed by atoms with Crippen molar-refractivity contribution in [2.75, 3.05) is 18.6 Å². The highest BCUT2D eigenvalue weighted by atomic mass is 16.5. The Morgan fingerprint density at radius 1 is 0.973 bits per heavy atom. The summed E-state index contributed by atoms with van der Waals surface area (Å²) >= 11 is 0. The third-order valence-electron chi connectivity index (χ3n) is 6.03. The summed E-state index contributed by atoms with van der Waals surface area (Å²) in [7, 11) is 1.49. The number of rotatable bonds is 9. The Morgan fingerprint density at radius 3 is 2.38 bits per heavy atom. The first-order chi connectivity index (χ1) is 17.8.